The highest BCUT2D eigenvalue weighted by molar-refractivity contribution is 5.18. The van der Waals surface area contributed by atoms with Crippen LogP contribution in [-0.2, 0) is 0 Å². The molecule has 0 rings (SSSR count). The van der Waals surface area contributed by atoms with Crippen LogP contribution in [0.1, 0.15) is 27.7 Å². The standard InChI is InChI=1S/C7H13N.C2H6/c1-5-6(2)7(3)8-4;1-2/h5,8H,1H2,2-4H3;1-2H3/b7-6-;. The second-order valence-corrected chi connectivity index (χ2v) is 1.76. The van der Waals surface area contributed by atoms with Crippen molar-refractivity contribution >= 4 is 0 Å². The van der Waals surface area contributed by atoms with E-state index >= 15 is 0 Å². The van der Waals surface area contributed by atoms with Crippen molar-refractivity contribution in [3.8, 4) is 0 Å². The van der Waals surface area contributed by atoms with E-state index < -0.39 is 0 Å². The van der Waals surface area contributed by atoms with E-state index in [9.17, 15) is 0 Å². The number of allylic oxidation sites excluding steroid dienone is 3. The maximum Gasteiger partial charge on any atom is 0.0102 e. The Hall–Kier alpha value is -0.720. The Labute approximate surface area is 64.8 Å². The highest BCUT2D eigenvalue weighted by Gasteiger charge is 1.84. The van der Waals surface area contributed by atoms with Crippen LogP contribution in [0.15, 0.2) is 23.9 Å². The summed E-state index contributed by atoms with van der Waals surface area (Å²) in [6.45, 7) is 11.7. The van der Waals surface area contributed by atoms with Crippen LogP contribution >= 0.6 is 0 Å². The van der Waals surface area contributed by atoms with Crippen LogP contribution in [-0.4, -0.2) is 7.05 Å². The van der Waals surface area contributed by atoms with Crippen molar-refractivity contribution in [2.45, 2.75) is 27.7 Å². The summed E-state index contributed by atoms with van der Waals surface area (Å²) in [4.78, 5) is 0. The normalized spacial score (nSPS) is 10.5. The number of hydrogen-bond acceptors (Lipinski definition) is 1. The van der Waals surface area contributed by atoms with Gasteiger partial charge in [-0.15, -0.1) is 0 Å². The first-order valence-corrected chi connectivity index (χ1v) is 3.70. The van der Waals surface area contributed by atoms with Crippen molar-refractivity contribution in [1.82, 2.24) is 5.32 Å². The molecule has 60 valence electrons. The van der Waals surface area contributed by atoms with E-state index in [1.54, 1.807) is 0 Å². The monoisotopic (exact) mass is 141 g/mol. The molecule has 0 heterocycles. The lowest BCUT2D eigenvalue weighted by molar-refractivity contribution is 0.969. The molecule has 0 aromatic carbocycles. The summed E-state index contributed by atoms with van der Waals surface area (Å²) < 4.78 is 0. The van der Waals surface area contributed by atoms with Crippen LogP contribution < -0.4 is 5.32 Å². The van der Waals surface area contributed by atoms with E-state index in [1.165, 1.54) is 11.3 Å². The molecular weight excluding hydrogens is 122 g/mol. The molecular formula is C9H19N. The van der Waals surface area contributed by atoms with Gasteiger partial charge in [0.25, 0.3) is 0 Å². The minimum Gasteiger partial charge on any atom is -0.391 e. The third-order valence-corrected chi connectivity index (χ3v) is 1.27. The van der Waals surface area contributed by atoms with E-state index in [0.29, 0.717) is 0 Å². The van der Waals surface area contributed by atoms with E-state index in [-0.39, 0.29) is 0 Å². The SMILES string of the molecule is C=C/C(C)=C(/C)NC.CC. The van der Waals surface area contributed by atoms with Crippen molar-refractivity contribution in [3.05, 3.63) is 23.9 Å². The summed E-state index contributed by atoms with van der Waals surface area (Å²) in [5.74, 6) is 0. The average Bonchev–Trinajstić information content (AvgIpc) is 2.05. The lowest BCUT2D eigenvalue weighted by atomic mass is 10.2. The third-order valence-electron chi connectivity index (χ3n) is 1.27. The molecule has 0 fully saturated rings. The molecule has 0 aliphatic heterocycles. The second-order valence-electron chi connectivity index (χ2n) is 1.76. The fourth-order valence-electron chi connectivity index (χ4n) is 0.350. The van der Waals surface area contributed by atoms with Gasteiger partial charge in [0.05, 0.1) is 0 Å². The first-order chi connectivity index (χ1) is 4.72. The Morgan fingerprint density at radius 3 is 1.80 bits per heavy atom. The molecule has 0 aromatic heterocycles. The molecule has 1 heteroatoms. The maximum absolute atomic E-state index is 3.63. The molecule has 0 saturated carbocycles. The van der Waals surface area contributed by atoms with E-state index in [4.69, 9.17) is 0 Å². The molecule has 0 radical (unpaired) electrons. The van der Waals surface area contributed by atoms with Crippen LogP contribution in [0.5, 0.6) is 0 Å². The van der Waals surface area contributed by atoms with E-state index in [1.807, 2.05) is 40.8 Å². The van der Waals surface area contributed by atoms with Gasteiger partial charge < -0.3 is 5.32 Å². The zero-order valence-corrected chi connectivity index (χ0v) is 7.78. The van der Waals surface area contributed by atoms with Gasteiger partial charge in [0.2, 0.25) is 0 Å². The minimum absolute atomic E-state index is 1.18. The Balaban J connectivity index is 0. The topological polar surface area (TPSA) is 12.0 Å². The van der Waals surface area contributed by atoms with Gasteiger partial charge in [-0.1, -0.05) is 26.5 Å². The highest BCUT2D eigenvalue weighted by Crippen LogP contribution is 1.97. The molecule has 10 heavy (non-hydrogen) atoms. The fraction of sp³-hybridized carbons (Fsp3) is 0.556. The third kappa shape index (κ3) is 5.42. The summed E-state index contributed by atoms with van der Waals surface area (Å²) >= 11 is 0. The van der Waals surface area contributed by atoms with Gasteiger partial charge in [-0.2, -0.15) is 0 Å². The zero-order chi connectivity index (χ0) is 8.57. The van der Waals surface area contributed by atoms with Gasteiger partial charge in [0.1, 0.15) is 0 Å². The summed E-state index contributed by atoms with van der Waals surface area (Å²) in [7, 11) is 1.91. The number of hydrogen-bond donors (Lipinski definition) is 1. The minimum atomic E-state index is 1.18. The lowest BCUT2D eigenvalue weighted by Gasteiger charge is -1.99. The highest BCUT2D eigenvalue weighted by atomic mass is 14.8. The van der Waals surface area contributed by atoms with Crippen molar-refractivity contribution in [2.75, 3.05) is 7.05 Å². The molecule has 0 spiro atoms. The first-order valence-electron chi connectivity index (χ1n) is 3.70. The smallest absolute Gasteiger partial charge is 0.0102 e. The van der Waals surface area contributed by atoms with Gasteiger partial charge in [0.15, 0.2) is 0 Å². The van der Waals surface area contributed by atoms with Crippen molar-refractivity contribution in [1.29, 1.82) is 0 Å². The van der Waals surface area contributed by atoms with Gasteiger partial charge in [0, 0.05) is 12.7 Å². The molecule has 0 aromatic rings. The molecule has 0 saturated heterocycles. The largest absolute Gasteiger partial charge is 0.391 e. The molecule has 0 atom stereocenters. The quantitative estimate of drug-likeness (QED) is 0.583. The van der Waals surface area contributed by atoms with Crippen molar-refractivity contribution < 1.29 is 0 Å². The maximum atomic E-state index is 3.63. The van der Waals surface area contributed by atoms with E-state index in [0.717, 1.165) is 0 Å². The second kappa shape index (κ2) is 8.28. The molecule has 1 nitrogen and oxygen atoms in total. The van der Waals surface area contributed by atoms with Crippen LogP contribution in [0.3, 0.4) is 0 Å². The van der Waals surface area contributed by atoms with Gasteiger partial charge >= 0.3 is 0 Å². The summed E-state index contributed by atoms with van der Waals surface area (Å²) in [6.07, 6.45) is 1.84. The molecule has 0 amide bonds. The molecule has 0 bridgehead atoms. The predicted molar refractivity (Wildman–Crippen MR) is 49.0 cm³/mol. The lowest BCUT2D eigenvalue weighted by Crippen LogP contribution is -2.02. The Kier molecular flexibility index (Phi) is 9.94. The molecule has 0 unspecified atom stereocenters. The Bertz CT molecular complexity index is 112. The van der Waals surface area contributed by atoms with Crippen LogP contribution in [0, 0.1) is 0 Å². The molecule has 0 aliphatic carbocycles. The average molecular weight is 141 g/mol. The molecule has 0 aliphatic rings. The number of rotatable bonds is 2. The summed E-state index contributed by atoms with van der Waals surface area (Å²) in [5.41, 5.74) is 2.38. The van der Waals surface area contributed by atoms with Crippen molar-refractivity contribution in [2.24, 2.45) is 0 Å². The van der Waals surface area contributed by atoms with Gasteiger partial charge in [-0.25, -0.2) is 0 Å². The Morgan fingerprint density at radius 2 is 1.70 bits per heavy atom. The number of nitrogens with one attached hydrogen (secondary N) is 1. The van der Waals surface area contributed by atoms with E-state index in [2.05, 4.69) is 11.9 Å². The zero-order valence-electron chi connectivity index (χ0n) is 7.78. The predicted octanol–water partition coefficient (Wildman–Crippen LogP) is 2.71. The fourth-order valence-corrected chi connectivity index (χ4v) is 0.350. The summed E-state index contributed by atoms with van der Waals surface area (Å²) in [5, 5.41) is 3.02. The summed E-state index contributed by atoms with van der Waals surface area (Å²) in [6, 6.07) is 0. The van der Waals surface area contributed by atoms with Gasteiger partial charge in [-0.05, 0) is 19.4 Å². The van der Waals surface area contributed by atoms with Crippen molar-refractivity contribution in [3.63, 3.8) is 0 Å². The van der Waals surface area contributed by atoms with Crippen LogP contribution in [0.2, 0.25) is 0 Å². The van der Waals surface area contributed by atoms with Crippen LogP contribution in [0.4, 0.5) is 0 Å². The van der Waals surface area contributed by atoms with Crippen LogP contribution in [0.25, 0.3) is 0 Å². The van der Waals surface area contributed by atoms with Gasteiger partial charge in [-0.3, -0.25) is 0 Å². The first kappa shape index (κ1) is 12.0. The molecule has 1 N–H and O–H groups in total. The Morgan fingerprint density at radius 1 is 1.30 bits per heavy atom.